The maximum Gasteiger partial charge on any atom is 0.407 e. The van der Waals surface area contributed by atoms with Crippen molar-refractivity contribution in [1.29, 1.82) is 0 Å². The molecule has 2 unspecified atom stereocenters. The largest absolute Gasteiger partial charge is 0.446 e. The Morgan fingerprint density at radius 1 is 0.905 bits per heavy atom. The smallest absolute Gasteiger partial charge is 0.407 e. The van der Waals surface area contributed by atoms with Crippen molar-refractivity contribution in [2.24, 2.45) is 52.3 Å². The second-order valence-corrected chi connectivity index (χ2v) is 17.8. The second-order valence-electron chi connectivity index (χ2n) is 16.0. The molecular formula is C35H64NO5P. The second kappa shape index (κ2) is 14.7. The highest BCUT2D eigenvalue weighted by molar-refractivity contribution is 7.51. The first-order valence-corrected chi connectivity index (χ1v) is 19.7. The average Bonchev–Trinajstić information content (AvgIpc) is 3.27. The summed E-state index contributed by atoms with van der Waals surface area (Å²) in [6.07, 6.45) is 19.2. The van der Waals surface area contributed by atoms with Crippen LogP contribution in [0.1, 0.15) is 137 Å². The van der Waals surface area contributed by atoms with Crippen LogP contribution in [0.5, 0.6) is 0 Å². The third-order valence-electron chi connectivity index (χ3n) is 12.8. The number of hydrogen-bond donors (Lipinski definition) is 2. The molecule has 244 valence electrons. The van der Waals surface area contributed by atoms with Gasteiger partial charge in [-0.2, -0.15) is 0 Å². The Kier molecular flexibility index (Phi) is 12.0. The summed E-state index contributed by atoms with van der Waals surface area (Å²) < 4.78 is 22.0. The van der Waals surface area contributed by atoms with Gasteiger partial charge in [0.15, 0.2) is 0 Å². The van der Waals surface area contributed by atoms with Crippen LogP contribution in [0.3, 0.4) is 0 Å². The zero-order valence-corrected chi connectivity index (χ0v) is 28.8. The van der Waals surface area contributed by atoms with E-state index in [0.29, 0.717) is 29.9 Å². The maximum absolute atomic E-state index is 12.6. The van der Waals surface area contributed by atoms with Gasteiger partial charge < -0.3 is 19.5 Å². The first-order valence-electron chi connectivity index (χ1n) is 17.7. The summed E-state index contributed by atoms with van der Waals surface area (Å²) in [7, 11) is -3.37. The molecule has 0 bridgehead atoms. The van der Waals surface area contributed by atoms with E-state index in [1.165, 1.54) is 70.9 Å². The SMILES string of the molecule is CC(C)CCC[C@@H](C)[C@H]1CC[C@H]2[C@@H]3CCC4C[C@@H](OC(=O)NCCCCCCOP(C)(=O)O)CC[C@]4(C)[C@H]3CC[C@]12C. The van der Waals surface area contributed by atoms with E-state index < -0.39 is 7.60 Å². The fourth-order valence-corrected chi connectivity index (χ4v) is 11.0. The molecule has 0 heterocycles. The lowest BCUT2D eigenvalue weighted by molar-refractivity contribution is -0.129. The van der Waals surface area contributed by atoms with Crippen LogP contribution >= 0.6 is 7.60 Å². The molecule has 1 amide bonds. The Morgan fingerprint density at radius 3 is 2.36 bits per heavy atom. The van der Waals surface area contributed by atoms with Crippen LogP contribution in [0.15, 0.2) is 0 Å². The van der Waals surface area contributed by atoms with Crippen molar-refractivity contribution in [3.63, 3.8) is 0 Å². The zero-order chi connectivity index (χ0) is 30.5. The molecule has 4 aliphatic rings. The van der Waals surface area contributed by atoms with Gasteiger partial charge in [0.25, 0.3) is 0 Å². The standard InChI is InChI=1S/C35H64NO5P/c1-25(2)12-11-13-26(3)30-16-17-31-29-15-14-27-24-28(18-20-34(27,4)32(29)19-21-35(30,31)5)41-33(37)36-22-9-7-8-10-23-40-42(6,38)39/h25-32H,7-24H2,1-6H3,(H,36,37)(H,38,39)/t26-,27?,28+,29+,30-,31+,32+,34+,35-/m1/s1. The zero-order valence-electron chi connectivity index (χ0n) is 27.9. The molecule has 10 atom stereocenters. The number of nitrogens with one attached hydrogen (secondary N) is 1. The van der Waals surface area contributed by atoms with Gasteiger partial charge in [-0.3, -0.25) is 4.57 Å². The quantitative estimate of drug-likeness (QED) is 0.151. The molecule has 7 heteroatoms. The van der Waals surface area contributed by atoms with E-state index in [1.54, 1.807) is 0 Å². The number of unbranched alkanes of at least 4 members (excludes halogenated alkanes) is 3. The lowest BCUT2D eigenvalue weighted by atomic mass is 9.44. The van der Waals surface area contributed by atoms with Crippen molar-refractivity contribution >= 4 is 13.7 Å². The number of rotatable bonds is 14. The van der Waals surface area contributed by atoms with Crippen LogP contribution in [-0.2, 0) is 13.8 Å². The van der Waals surface area contributed by atoms with Gasteiger partial charge in [0, 0.05) is 13.2 Å². The maximum atomic E-state index is 12.6. The molecule has 42 heavy (non-hydrogen) atoms. The molecule has 4 fully saturated rings. The normalized spacial score (nSPS) is 38.2. The summed E-state index contributed by atoms with van der Waals surface area (Å²) in [6.45, 7) is 14.7. The Balaban J connectivity index is 1.20. The first kappa shape index (κ1) is 34.3. The number of carbonyl (C=O) groups excluding carboxylic acids is 1. The lowest BCUT2D eigenvalue weighted by Gasteiger charge is -2.61. The number of carbonyl (C=O) groups is 1. The van der Waals surface area contributed by atoms with Crippen molar-refractivity contribution in [3.8, 4) is 0 Å². The minimum Gasteiger partial charge on any atom is -0.446 e. The molecule has 0 aromatic carbocycles. The highest BCUT2D eigenvalue weighted by atomic mass is 31.2. The number of ether oxygens (including phenoxy) is 1. The summed E-state index contributed by atoms with van der Waals surface area (Å²) in [6, 6.07) is 0. The average molecular weight is 610 g/mol. The summed E-state index contributed by atoms with van der Waals surface area (Å²) in [5.74, 6) is 5.96. The molecule has 0 aromatic rings. The fraction of sp³-hybridized carbons (Fsp3) is 0.971. The van der Waals surface area contributed by atoms with E-state index in [-0.39, 0.29) is 12.2 Å². The van der Waals surface area contributed by atoms with Crippen LogP contribution in [-0.4, -0.2) is 36.9 Å². The van der Waals surface area contributed by atoms with Gasteiger partial charge in [-0.25, -0.2) is 4.79 Å². The van der Waals surface area contributed by atoms with Crippen molar-refractivity contribution in [2.75, 3.05) is 19.8 Å². The van der Waals surface area contributed by atoms with E-state index in [1.807, 2.05) is 0 Å². The van der Waals surface area contributed by atoms with E-state index in [9.17, 15) is 9.36 Å². The van der Waals surface area contributed by atoms with Crippen molar-refractivity contribution in [2.45, 2.75) is 143 Å². The minimum absolute atomic E-state index is 0.0522. The van der Waals surface area contributed by atoms with Gasteiger partial charge in [-0.1, -0.05) is 66.7 Å². The fourth-order valence-electron chi connectivity index (χ4n) is 10.5. The summed E-state index contributed by atoms with van der Waals surface area (Å²) in [5.41, 5.74) is 0.958. The molecule has 2 N–H and O–H groups in total. The van der Waals surface area contributed by atoms with Gasteiger partial charge in [0.1, 0.15) is 6.10 Å². The molecule has 0 radical (unpaired) electrons. The Labute approximate surface area is 257 Å². The predicted molar refractivity (Wildman–Crippen MR) is 172 cm³/mol. The Morgan fingerprint density at radius 2 is 1.62 bits per heavy atom. The Hall–Kier alpha value is -0.580. The predicted octanol–water partition coefficient (Wildman–Crippen LogP) is 9.59. The van der Waals surface area contributed by atoms with Crippen LogP contribution in [0, 0.1) is 52.3 Å². The van der Waals surface area contributed by atoms with Gasteiger partial charge in [0.05, 0.1) is 6.61 Å². The van der Waals surface area contributed by atoms with Gasteiger partial charge in [0.2, 0.25) is 0 Å². The van der Waals surface area contributed by atoms with E-state index in [2.05, 4.69) is 39.9 Å². The summed E-state index contributed by atoms with van der Waals surface area (Å²) >= 11 is 0. The molecule has 4 aliphatic carbocycles. The van der Waals surface area contributed by atoms with Crippen LogP contribution in [0.25, 0.3) is 0 Å². The van der Waals surface area contributed by atoms with Crippen LogP contribution in [0.2, 0.25) is 0 Å². The van der Waals surface area contributed by atoms with Crippen molar-refractivity contribution in [3.05, 3.63) is 0 Å². The van der Waals surface area contributed by atoms with E-state index >= 15 is 0 Å². The lowest BCUT2D eigenvalue weighted by Crippen LogP contribution is -2.54. The molecular weight excluding hydrogens is 545 g/mol. The Bertz CT molecular complexity index is 921. The molecule has 6 nitrogen and oxygen atoms in total. The highest BCUT2D eigenvalue weighted by Crippen LogP contribution is 2.68. The molecule has 0 saturated heterocycles. The van der Waals surface area contributed by atoms with E-state index in [0.717, 1.165) is 74.0 Å². The number of fused-ring (bicyclic) bond motifs is 5. The third-order valence-corrected chi connectivity index (χ3v) is 13.4. The number of amides is 1. The summed E-state index contributed by atoms with van der Waals surface area (Å²) in [5, 5.41) is 2.96. The minimum atomic E-state index is -3.37. The molecule has 0 spiro atoms. The number of hydrogen-bond acceptors (Lipinski definition) is 4. The van der Waals surface area contributed by atoms with Gasteiger partial charge in [-0.05, 0) is 123 Å². The van der Waals surface area contributed by atoms with Gasteiger partial charge in [-0.15, -0.1) is 0 Å². The van der Waals surface area contributed by atoms with Crippen LogP contribution in [0.4, 0.5) is 4.79 Å². The van der Waals surface area contributed by atoms with Crippen LogP contribution < -0.4 is 5.32 Å². The summed E-state index contributed by atoms with van der Waals surface area (Å²) in [4.78, 5) is 21.7. The molecule has 4 rings (SSSR count). The molecule has 0 aromatic heterocycles. The monoisotopic (exact) mass is 609 g/mol. The highest BCUT2D eigenvalue weighted by Gasteiger charge is 2.60. The van der Waals surface area contributed by atoms with Crippen molar-refractivity contribution < 1.29 is 23.5 Å². The third kappa shape index (κ3) is 8.36. The first-order chi connectivity index (χ1) is 19.8. The van der Waals surface area contributed by atoms with Crippen molar-refractivity contribution in [1.82, 2.24) is 5.32 Å². The van der Waals surface area contributed by atoms with E-state index in [4.69, 9.17) is 14.2 Å². The van der Waals surface area contributed by atoms with Gasteiger partial charge >= 0.3 is 13.7 Å². The topological polar surface area (TPSA) is 84.9 Å². The number of alkyl carbamates (subject to hydrolysis) is 1. The molecule has 0 aliphatic heterocycles. The molecule has 4 saturated carbocycles.